The van der Waals surface area contributed by atoms with Crippen molar-refractivity contribution in [1.29, 1.82) is 0 Å². The van der Waals surface area contributed by atoms with E-state index in [0.717, 1.165) is 22.4 Å². The second kappa shape index (κ2) is 7.36. The molecule has 4 aromatic rings. The molecule has 1 aromatic heterocycles. The predicted molar refractivity (Wildman–Crippen MR) is 121 cm³/mol. The van der Waals surface area contributed by atoms with Gasteiger partial charge in [-0.25, -0.2) is 9.07 Å². The van der Waals surface area contributed by atoms with Crippen LogP contribution in [0.15, 0.2) is 78.6 Å². The number of hydrogen-bond donors (Lipinski definition) is 1. The van der Waals surface area contributed by atoms with E-state index in [1.807, 2.05) is 36.4 Å². The van der Waals surface area contributed by atoms with Crippen LogP contribution < -0.4 is 10.1 Å². The number of nitrogens with one attached hydrogen (secondary N) is 1. The quantitative estimate of drug-likeness (QED) is 0.379. The first-order valence-electron chi connectivity index (χ1n) is 9.97. The zero-order valence-corrected chi connectivity index (χ0v) is 18.0. The lowest BCUT2D eigenvalue weighted by molar-refractivity contribution is 0.222. The van der Waals surface area contributed by atoms with Crippen LogP contribution in [0.4, 0.5) is 10.3 Å². The Morgan fingerprint density at radius 2 is 1.88 bits per heavy atom. The maximum atomic E-state index is 14.2. The van der Waals surface area contributed by atoms with E-state index in [4.69, 9.17) is 27.9 Å². The van der Waals surface area contributed by atoms with Gasteiger partial charge < -0.3 is 10.1 Å². The predicted octanol–water partition coefficient (Wildman–Crippen LogP) is 6.28. The van der Waals surface area contributed by atoms with Gasteiger partial charge >= 0.3 is 0 Å². The van der Waals surface area contributed by atoms with Crippen molar-refractivity contribution >= 4 is 34.8 Å². The Hall–Kier alpha value is -3.35. The van der Waals surface area contributed by atoms with Gasteiger partial charge in [0.15, 0.2) is 0 Å². The highest BCUT2D eigenvalue weighted by Gasteiger charge is 2.41. The van der Waals surface area contributed by atoms with Gasteiger partial charge in [-0.05, 0) is 47.5 Å². The van der Waals surface area contributed by atoms with Gasteiger partial charge in [-0.3, -0.25) is 0 Å². The number of aromatic nitrogens is 3. The smallest absolute Gasteiger partial charge is 0.226 e. The molecule has 2 atom stereocenters. The molecule has 6 rings (SSSR count). The van der Waals surface area contributed by atoms with Crippen molar-refractivity contribution in [2.75, 3.05) is 5.32 Å². The van der Waals surface area contributed by atoms with E-state index in [9.17, 15) is 4.39 Å². The van der Waals surface area contributed by atoms with Crippen LogP contribution in [-0.4, -0.2) is 14.8 Å². The monoisotopic (exact) mass is 464 g/mol. The van der Waals surface area contributed by atoms with Gasteiger partial charge in [-0.15, -0.1) is 0 Å². The van der Waals surface area contributed by atoms with E-state index in [-0.39, 0.29) is 5.82 Å². The molecule has 0 saturated carbocycles. The van der Waals surface area contributed by atoms with Crippen LogP contribution in [0.2, 0.25) is 10.0 Å². The minimum absolute atomic E-state index is 0.335. The fourth-order valence-corrected chi connectivity index (χ4v) is 4.90. The fourth-order valence-electron chi connectivity index (χ4n) is 4.38. The first-order chi connectivity index (χ1) is 15.6. The summed E-state index contributed by atoms with van der Waals surface area (Å²) in [4.78, 5) is 4.39. The maximum Gasteiger partial charge on any atom is 0.226 e. The molecule has 2 aliphatic rings. The molecule has 158 valence electrons. The number of nitrogens with zero attached hydrogens (tertiary/aromatic N) is 3. The van der Waals surface area contributed by atoms with E-state index in [2.05, 4.69) is 15.4 Å². The molecule has 0 amide bonds. The molecule has 5 nitrogen and oxygen atoms in total. The van der Waals surface area contributed by atoms with Crippen LogP contribution in [0.25, 0.3) is 5.70 Å². The molecular weight excluding hydrogens is 450 g/mol. The fraction of sp³-hybridized carbons (Fsp3) is 0.0833. The Morgan fingerprint density at radius 3 is 2.72 bits per heavy atom. The zero-order chi connectivity index (χ0) is 21.8. The van der Waals surface area contributed by atoms with Crippen molar-refractivity contribution in [2.24, 2.45) is 0 Å². The standard InChI is InChI=1S/C24H15Cl2FN4O/c25-14-8-9-16(18(26)11-14)22-20-21(30-24-28-12-29-31(22)24)17-6-1-2-7-19(17)32-23(20)13-4-3-5-15(27)10-13/h1-12,22-23H,(H,28,29,30)/t22-,23-/m0/s1. The second-order valence-corrected chi connectivity index (χ2v) is 8.44. The lowest BCUT2D eigenvalue weighted by Gasteiger charge is -2.39. The lowest BCUT2D eigenvalue weighted by Crippen LogP contribution is -2.32. The summed E-state index contributed by atoms with van der Waals surface area (Å²) >= 11 is 12.8. The van der Waals surface area contributed by atoms with Crippen molar-refractivity contribution < 1.29 is 9.13 Å². The van der Waals surface area contributed by atoms with Crippen LogP contribution >= 0.6 is 23.2 Å². The molecular formula is C24H15Cl2FN4O. The molecule has 0 aliphatic carbocycles. The number of halogens is 3. The summed E-state index contributed by atoms with van der Waals surface area (Å²) in [5.41, 5.74) is 4.07. The number of anilines is 1. The highest BCUT2D eigenvalue weighted by molar-refractivity contribution is 6.35. The van der Waals surface area contributed by atoms with Gasteiger partial charge in [-0.1, -0.05) is 53.5 Å². The molecule has 8 heteroatoms. The van der Waals surface area contributed by atoms with E-state index in [1.165, 1.54) is 18.5 Å². The van der Waals surface area contributed by atoms with Crippen molar-refractivity contribution in [1.82, 2.24) is 14.8 Å². The Labute approximate surface area is 193 Å². The van der Waals surface area contributed by atoms with E-state index >= 15 is 0 Å². The molecule has 2 aliphatic heterocycles. The summed E-state index contributed by atoms with van der Waals surface area (Å²) in [5, 5.41) is 8.89. The Kier molecular flexibility index (Phi) is 4.45. The first-order valence-corrected chi connectivity index (χ1v) is 10.7. The number of fused-ring (bicyclic) bond motifs is 3. The molecule has 32 heavy (non-hydrogen) atoms. The van der Waals surface area contributed by atoms with Crippen LogP contribution in [0, 0.1) is 5.82 Å². The zero-order valence-electron chi connectivity index (χ0n) is 16.5. The number of ether oxygens (including phenoxy) is 1. The number of hydrogen-bond acceptors (Lipinski definition) is 4. The molecule has 0 unspecified atom stereocenters. The van der Waals surface area contributed by atoms with Crippen LogP contribution in [-0.2, 0) is 0 Å². The third-order valence-corrected chi connectivity index (χ3v) is 6.29. The molecule has 3 heterocycles. The van der Waals surface area contributed by atoms with Crippen molar-refractivity contribution in [3.05, 3.63) is 111 Å². The van der Waals surface area contributed by atoms with E-state index < -0.39 is 12.1 Å². The normalized spacial score (nSPS) is 18.8. The topological polar surface area (TPSA) is 52.0 Å². The second-order valence-electron chi connectivity index (χ2n) is 7.60. The molecule has 0 spiro atoms. The third kappa shape index (κ3) is 2.98. The van der Waals surface area contributed by atoms with Crippen molar-refractivity contribution in [3.8, 4) is 5.75 Å². The molecule has 0 radical (unpaired) electrons. The van der Waals surface area contributed by atoms with E-state index in [1.54, 1.807) is 22.9 Å². The Balaban J connectivity index is 1.65. The summed E-state index contributed by atoms with van der Waals surface area (Å²) in [6, 6.07) is 19.1. The van der Waals surface area contributed by atoms with Crippen molar-refractivity contribution in [3.63, 3.8) is 0 Å². The van der Waals surface area contributed by atoms with Gasteiger partial charge in [0.05, 0.1) is 5.70 Å². The average molecular weight is 465 g/mol. The summed E-state index contributed by atoms with van der Waals surface area (Å²) in [6.07, 6.45) is 0.916. The maximum absolute atomic E-state index is 14.2. The van der Waals surface area contributed by atoms with Crippen LogP contribution in [0.1, 0.15) is 28.8 Å². The minimum Gasteiger partial charge on any atom is -0.480 e. The van der Waals surface area contributed by atoms with Gasteiger partial charge in [0.1, 0.15) is 30.0 Å². The molecule has 1 N–H and O–H groups in total. The number of rotatable bonds is 2. The Morgan fingerprint density at radius 1 is 1.00 bits per heavy atom. The number of para-hydroxylation sites is 1. The highest BCUT2D eigenvalue weighted by Crippen LogP contribution is 2.51. The largest absolute Gasteiger partial charge is 0.480 e. The summed E-state index contributed by atoms with van der Waals surface area (Å²) < 4.78 is 22.4. The molecule has 3 aromatic carbocycles. The van der Waals surface area contributed by atoms with Crippen LogP contribution in [0.5, 0.6) is 5.75 Å². The summed E-state index contributed by atoms with van der Waals surface area (Å²) in [5.74, 6) is 0.940. The minimum atomic E-state index is -0.572. The van der Waals surface area contributed by atoms with Gasteiger partial charge in [0.25, 0.3) is 0 Å². The molecule has 0 saturated heterocycles. The van der Waals surface area contributed by atoms with Gasteiger partial charge in [0, 0.05) is 21.2 Å². The molecule has 0 bridgehead atoms. The van der Waals surface area contributed by atoms with E-state index in [0.29, 0.717) is 27.3 Å². The van der Waals surface area contributed by atoms with Gasteiger partial charge in [0.2, 0.25) is 5.95 Å². The van der Waals surface area contributed by atoms with Crippen LogP contribution in [0.3, 0.4) is 0 Å². The number of benzene rings is 3. The lowest BCUT2D eigenvalue weighted by atomic mass is 9.84. The Bertz CT molecular complexity index is 1400. The third-order valence-electron chi connectivity index (χ3n) is 5.73. The summed E-state index contributed by atoms with van der Waals surface area (Å²) in [7, 11) is 0. The first kappa shape index (κ1) is 19.3. The SMILES string of the molecule is Fc1cccc([C@@H]2Oc3ccccc3C3=C2[C@H](c2ccc(Cl)cc2Cl)n2ncnc2N3)c1. The average Bonchev–Trinajstić information content (AvgIpc) is 3.26. The summed E-state index contributed by atoms with van der Waals surface area (Å²) in [6.45, 7) is 0. The van der Waals surface area contributed by atoms with Gasteiger partial charge in [-0.2, -0.15) is 10.1 Å². The highest BCUT2D eigenvalue weighted by atomic mass is 35.5. The van der Waals surface area contributed by atoms with Crippen molar-refractivity contribution in [2.45, 2.75) is 12.1 Å². The molecule has 0 fully saturated rings.